The van der Waals surface area contributed by atoms with E-state index in [-0.39, 0.29) is 25.4 Å². The molecule has 0 saturated carbocycles. The standard InChI is InChI=1S/C19H28N4O5/c1-12(2)10-15(17(21)25)22-18(26)14(8-9-16(20)24)23-19(27)28-11-13-6-4-3-5-7-13/h3-7,12,14-15H,8-11H2,1-2H3,(H2,20,24)(H2,21,25)(H,22,26)(H,23,27)/t14-,15-/m0/s1. The number of nitrogens with one attached hydrogen (secondary N) is 2. The van der Waals surface area contributed by atoms with E-state index in [2.05, 4.69) is 10.6 Å². The molecule has 28 heavy (non-hydrogen) atoms. The van der Waals surface area contributed by atoms with E-state index >= 15 is 0 Å². The molecule has 0 fully saturated rings. The van der Waals surface area contributed by atoms with Gasteiger partial charge in [-0.25, -0.2) is 4.79 Å². The Labute approximate surface area is 164 Å². The smallest absolute Gasteiger partial charge is 0.408 e. The van der Waals surface area contributed by atoms with Crippen molar-refractivity contribution in [3.8, 4) is 0 Å². The molecule has 0 aliphatic carbocycles. The Balaban J connectivity index is 2.71. The normalized spacial score (nSPS) is 12.7. The number of carbonyl (C=O) groups excluding carboxylic acids is 4. The highest BCUT2D eigenvalue weighted by Crippen LogP contribution is 2.07. The predicted molar refractivity (Wildman–Crippen MR) is 103 cm³/mol. The first-order chi connectivity index (χ1) is 13.2. The van der Waals surface area contributed by atoms with Crippen LogP contribution in [0.15, 0.2) is 30.3 Å². The van der Waals surface area contributed by atoms with Crippen LogP contribution in [0.4, 0.5) is 4.79 Å². The summed E-state index contributed by atoms with van der Waals surface area (Å²) in [6.45, 7) is 3.78. The van der Waals surface area contributed by atoms with E-state index in [0.717, 1.165) is 5.56 Å². The number of ether oxygens (including phenoxy) is 1. The number of nitrogens with two attached hydrogens (primary N) is 2. The lowest BCUT2D eigenvalue weighted by Crippen LogP contribution is -2.53. The number of hydrogen-bond acceptors (Lipinski definition) is 5. The van der Waals surface area contributed by atoms with Gasteiger partial charge in [0.1, 0.15) is 18.7 Å². The third-order valence-electron chi connectivity index (χ3n) is 3.87. The second-order valence-electron chi connectivity index (χ2n) is 6.86. The van der Waals surface area contributed by atoms with Crippen LogP contribution < -0.4 is 22.1 Å². The van der Waals surface area contributed by atoms with Crippen molar-refractivity contribution in [1.29, 1.82) is 0 Å². The monoisotopic (exact) mass is 392 g/mol. The van der Waals surface area contributed by atoms with Crippen molar-refractivity contribution in [3.63, 3.8) is 0 Å². The van der Waals surface area contributed by atoms with Gasteiger partial charge in [0.15, 0.2) is 0 Å². The Hall–Kier alpha value is -3.10. The van der Waals surface area contributed by atoms with Gasteiger partial charge in [0, 0.05) is 6.42 Å². The minimum atomic E-state index is -1.09. The lowest BCUT2D eigenvalue weighted by Gasteiger charge is -2.22. The number of benzene rings is 1. The molecule has 6 N–H and O–H groups in total. The molecular formula is C19H28N4O5. The van der Waals surface area contributed by atoms with Crippen molar-refractivity contribution < 1.29 is 23.9 Å². The van der Waals surface area contributed by atoms with Crippen molar-refractivity contribution in [2.45, 2.75) is 51.8 Å². The number of carbonyl (C=O) groups is 4. The van der Waals surface area contributed by atoms with Gasteiger partial charge in [0.25, 0.3) is 0 Å². The first-order valence-corrected chi connectivity index (χ1v) is 9.04. The van der Waals surface area contributed by atoms with E-state index in [0.29, 0.717) is 6.42 Å². The summed E-state index contributed by atoms with van der Waals surface area (Å²) < 4.78 is 5.09. The van der Waals surface area contributed by atoms with E-state index in [4.69, 9.17) is 16.2 Å². The summed E-state index contributed by atoms with van der Waals surface area (Å²) in [5, 5.41) is 4.92. The predicted octanol–water partition coefficient (Wildman–Crippen LogP) is 0.563. The molecule has 154 valence electrons. The molecule has 0 saturated heterocycles. The third kappa shape index (κ3) is 9.02. The van der Waals surface area contributed by atoms with Crippen LogP contribution in [0.25, 0.3) is 0 Å². The Morgan fingerprint density at radius 2 is 1.64 bits per heavy atom. The summed E-state index contributed by atoms with van der Waals surface area (Å²) in [6.07, 6.45) is -0.632. The summed E-state index contributed by atoms with van der Waals surface area (Å²) >= 11 is 0. The molecule has 1 aromatic rings. The number of rotatable bonds is 11. The van der Waals surface area contributed by atoms with Gasteiger partial charge in [-0.2, -0.15) is 0 Å². The zero-order valence-electron chi connectivity index (χ0n) is 16.1. The highest BCUT2D eigenvalue weighted by Gasteiger charge is 2.26. The molecule has 9 nitrogen and oxygen atoms in total. The molecular weight excluding hydrogens is 364 g/mol. The molecule has 0 spiro atoms. The molecule has 0 aliphatic rings. The Morgan fingerprint density at radius 3 is 2.18 bits per heavy atom. The van der Waals surface area contributed by atoms with E-state index in [9.17, 15) is 19.2 Å². The van der Waals surface area contributed by atoms with Crippen LogP contribution in [-0.4, -0.2) is 35.9 Å². The Bertz CT molecular complexity index is 678. The van der Waals surface area contributed by atoms with Crippen LogP contribution >= 0.6 is 0 Å². The van der Waals surface area contributed by atoms with Gasteiger partial charge in [0.2, 0.25) is 17.7 Å². The SMILES string of the molecule is CC(C)C[C@H](NC(=O)[C@H](CCC(N)=O)NC(=O)OCc1ccccc1)C(N)=O. The number of alkyl carbamates (subject to hydrolysis) is 1. The molecule has 1 rings (SSSR count). The summed E-state index contributed by atoms with van der Waals surface area (Å²) in [7, 11) is 0. The molecule has 2 atom stereocenters. The van der Waals surface area contributed by atoms with Gasteiger partial charge in [-0.05, 0) is 24.3 Å². The van der Waals surface area contributed by atoms with Crippen LogP contribution in [0.1, 0.15) is 38.7 Å². The van der Waals surface area contributed by atoms with Crippen LogP contribution in [0.5, 0.6) is 0 Å². The minimum Gasteiger partial charge on any atom is -0.445 e. The van der Waals surface area contributed by atoms with Crippen molar-refractivity contribution in [1.82, 2.24) is 10.6 Å². The van der Waals surface area contributed by atoms with Gasteiger partial charge >= 0.3 is 6.09 Å². The van der Waals surface area contributed by atoms with Crippen LogP contribution in [-0.2, 0) is 25.7 Å². The topological polar surface area (TPSA) is 154 Å². The lowest BCUT2D eigenvalue weighted by atomic mass is 10.0. The second kappa shape index (κ2) is 11.6. The first kappa shape index (κ1) is 22.9. The number of amides is 4. The van der Waals surface area contributed by atoms with Gasteiger partial charge in [-0.3, -0.25) is 14.4 Å². The average Bonchev–Trinajstić information content (AvgIpc) is 2.63. The maximum absolute atomic E-state index is 12.5. The fraction of sp³-hybridized carbons (Fsp3) is 0.474. The van der Waals surface area contributed by atoms with Crippen LogP contribution in [0.2, 0.25) is 0 Å². The summed E-state index contributed by atoms with van der Waals surface area (Å²) in [6, 6.07) is 7.04. The first-order valence-electron chi connectivity index (χ1n) is 9.04. The van der Waals surface area contributed by atoms with Crippen molar-refractivity contribution in [2.24, 2.45) is 17.4 Å². The molecule has 4 amide bonds. The molecule has 0 aliphatic heterocycles. The van der Waals surface area contributed by atoms with Gasteiger partial charge in [-0.15, -0.1) is 0 Å². The van der Waals surface area contributed by atoms with E-state index in [1.807, 2.05) is 19.9 Å². The van der Waals surface area contributed by atoms with Crippen molar-refractivity contribution >= 4 is 23.8 Å². The average molecular weight is 392 g/mol. The van der Waals surface area contributed by atoms with Gasteiger partial charge < -0.3 is 26.8 Å². The second-order valence-corrected chi connectivity index (χ2v) is 6.86. The fourth-order valence-electron chi connectivity index (χ4n) is 2.45. The molecule has 0 aromatic heterocycles. The van der Waals surface area contributed by atoms with Crippen LogP contribution in [0, 0.1) is 5.92 Å². The summed E-state index contributed by atoms with van der Waals surface area (Å²) in [5.74, 6) is -1.82. The molecule has 0 radical (unpaired) electrons. The lowest BCUT2D eigenvalue weighted by molar-refractivity contribution is -0.129. The Kier molecular flexibility index (Phi) is 9.49. The largest absolute Gasteiger partial charge is 0.445 e. The minimum absolute atomic E-state index is 0.0219. The summed E-state index contributed by atoms with van der Waals surface area (Å²) in [5.41, 5.74) is 11.2. The fourth-order valence-corrected chi connectivity index (χ4v) is 2.45. The summed E-state index contributed by atoms with van der Waals surface area (Å²) in [4.78, 5) is 47.2. The van der Waals surface area contributed by atoms with E-state index in [1.165, 1.54) is 0 Å². The van der Waals surface area contributed by atoms with E-state index < -0.39 is 35.9 Å². The van der Waals surface area contributed by atoms with Crippen molar-refractivity contribution in [3.05, 3.63) is 35.9 Å². The van der Waals surface area contributed by atoms with E-state index in [1.54, 1.807) is 24.3 Å². The molecule has 0 bridgehead atoms. The quantitative estimate of drug-likeness (QED) is 0.433. The molecule has 1 aromatic carbocycles. The van der Waals surface area contributed by atoms with Crippen molar-refractivity contribution in [2.75, 3.05) is 0 Å². The zero-order valence-corrected chi connectivity index (χ0v) is 16.1. The zero-order chi connectivity index (χ0) is 21.1. The maximum atomic E-state index is 12.5. The van der Waals surface area contributed by atoms with Gasteiger partial charge in [-0.1, -0.05) is 44.2 Å². The molecule has 0 heterocycles. The number of hydrogen-bond donors (Lipinski definition) is 4. The highest BCUT2D eigenvalue weighted by molar-refractivity contribution is 5.91. The van der Waals surface area contributed by atoms with Crippen LogP contribution in [0.3, 0.4) is 0 Å². The Morgan fingerprint density at radius 1 is 1.00 bits per heavy atom. The number of primary amides is 2. The third-order valence-corrected chi connectivity index (χ3v) is 3.87. The molecule has 0 unspecified atom stereocenters. The highest BCUT2D eigenvalue weighted by atomic mass is 16.5. The maximum Gasteiger partial charge on any atom is 0.408 e. The molecule has 9 heteroatoms. The van der Waals surface area contributed by atoms with Gasteiger partial charge in [0.05, 0.1) is 0 Å².